The number of amides is 2. The van der Waals surface area contributed by atoms with Gasteiger partial charge in [-0.25, -0.2) is 4.79 Å². The molecule has 0 fully saturated rings. The molecule has 1 heterocycles. The SMILES string of the molecule is COC(=O)c1c(NC(=O)c2ccc(OC)c(OC)c2)sc(C(=O)Nc2cccc(OC)c2)c1C. The fraction of sp³-hybridized carbons (Fsp3) is 0.208. The third-order valence-electron chi connectivity index (χ3n) is 4.94. The average molecular weight is 485 g/mol. The molecule has 2 amide bonds. The van der Waals surface area contributed by atoms with E-state index < -0.39 is 17.8 Å². The number of benzene rings is 2. The van der Waals surface area contributed by atoms with Crippen LogP contribution < -0.4 is 24.8 Å². The standard InChI is InChI=1S/C24H24N2O7S/c1-13-19(24(29)33-5)23(26-21(27)14-9-10-17(31-3)18(11-14)32-4)34-20(13)22(28)25-15-7-6-8-16(12-15)30-2/h6-12H,1-5H3,(H,25,28)(H,26,27). The summed E-state index contributed by atoms with van der Waals surface area (Å²) in [7, 11) is 5.72. The summed E-state index contributed by atoms with van der Waals surface area (Å²) in [5, 5.41) is 5.69. The van der Waals surface area contributed by atoms with E-state index in [0.717, 1.165) is 11.3 Å². The lowest BCUT2D eigenvalue weighted by Gasteiger charge is -2.10. The summed E-state index contributed by atoms with van der Waals surface area (Å²) in [4.78, 5) is 38.7. The predicted molar refractivity (Wildman–Crippen MR) is 129 cm³/mol. The van der Waals surface area contributed by atoms with Crippen LogP contribution in [0.2, 0.25) is 0 Å². The molecule has 0 spiro atoms. The minimum absolute atomic E-state index is 0.108. The summed E-state index contributed by atoms with van der Waals surface area (Å²) >= 11 is 0.976. The molecule has 3 rings (SSSR count). The fourth-order valence-corrected chi connectivity index (χ4v) is 4.29. The third-order valence-corrected chi connectivity index (χ3v) is 6.15. The van der Waals surface area contributed by atoms with Crippen molar-refractivity contribution in [2.75, 3.05) is 39.1 Å². The molecule has 0 saturated heterocycles. The van der Waals surface area contributed by atoms with Crippen LogP contribution in [0.5, 0.6) is 17.2 Å². The maximum atomic E-state index is 13.0. The van der Waals surface area contributed by atoms with Gasteiger partial charge in [0.1, 0.15) is 10.8 Å². The van der Waals surface area contributed by atoms with Crippen LogP contribution in [-0.4, -0.2) is 46.2 Å². The molecule has 2 N–H and O–H groups in total. The molecule has 9 nitrogen and oxygen atoms in total. The number of ether oxygens (including phenoxy) is 4. The second-order valence-corrected chi connectivity index (χ2v) is 7.98. The van der Waals surface area contributed by atoms with Gasteiger partial charge in [-0.3, -0.25) is 9.59 Å². The largest absolute Gasteiger partial charge is 0.497 e. The lowest BCUT2D eigenvalue weighted by molar-refractivity contribution is 0.0601. The Balaban J connectivity index is 1.93. The number of carbonyl (C=O) groups is 3. The van der Waals surface area contributed by atoms with Crippen LogP contribution in [0.1, 0.15) is 36.0 Å². The van der Waals surface area contributed by atoms with E-state index in [2.05, 4.69) is 10.6 Å². The topological polar surface area (TPSA) is 112 Å². The molecule has 0 aliphatic rings. The van der Waals surface area contributed by atoms with Gasteiger partial charge >= 0.3 is 5.97 Å². The maximum Gasteiger partial charge on any atom is 0.341 e. The van der Waals surface area contributed by atoms with Crippen molar-refractivity contribution in [3.05, 3.63) is 64.0 Å². The molecule has 0 radical (unpaired) electrons. The zero-order valence-corrected chi connectivity index (χ0v) is 20.1. The van der Waals surface area contributed by atoms with Crippen LogP contribution in [-0.2, 0) is 4.74 Å². The number of carbonyl (C=O) groups excluding carboxylic acids is 3. The molecular weight excluding hydrogens is 460 g/mol. The zero-order chi connectivity index (χ0) is 24.8. The summed E-state index contributed by atoms with van der Waals surface area (Å²) < 4.78 is 20.5. The normalized spacial score (nSPS) is 10.3. The van der Waals surface area contributed by atoms with Crippen molar-refractivity contribution < 1.29 is 33.3 Å². The van der Waals surface area contributed by atoms with Crippen LogP contribution >= 0.6 is 11.3 Å². The highest BCUT2D eigenvalue weighted by atomic mass is 32.1. The molecule has 0 aliphatic heterocycles. The summed E-state index contributed by atoms with van der Waals surface area (Å²) in [6.07, 6.45) is 0. The molecule has 0 aliphatic carbocycles. The molecule has 0 atom stereocenters. The van der Waals surface area contributed by atoms with Crippen molar-refractivity contribution in [2.45, 2.75) is 6.92 Å². The van der Waals surface area contributed by atoms with E-state index in [-0.39, 0.29) is 21.0 Å². The summed E-state index contributed by atoms with van der Waals surface area (Å²) in [6, 6.07) is 11.6. The van der Waals surface area contributed by atoms with Crippen molar-refractivity contribution in [2.24, 2.45) is 0 Å². The number of thiophene rings is 1. The third kappa shape index (κ3) is 5.12. The number of esters is 1. The van der Waals surface area contributed by atoms with Crippen LogP contribution in [0.25, 0.3) is 0 Å². The van der Waals surface area contributed by atoms with E-state index in [1.54, 1.807) is 43.3 Å². The number of anilines is 2. The highest BCUT2D eigenvalue weighted by molar-refractivity contribution is 7.19. The van der Waals surface area contributed by atoms with E-state index in [9.17, 15) is 14.4 Å². The maximum absolute atomic E-state index is 13.0. The lowest BCUT2D eigenvalue weighted by Crippen LogP contribution is -2.14. The average Bonchev–Trinajstić information content (AvgIpc) is 3.18. The molecule has 178 valence electrons. The fourth-order valence-electron chi connectivity index (χ4n) is 3.21. The van der Waals surface area contributed by atoms with Crippen LogP contribution in [0.4, 0.5) is 10.7 Å². The van der Waals surface area contributed by atoms with Crippen molar-refractivity contribution in [3.63, 3.8) is 0 Å². The molecule has 10 heteroatoms. The second-order valence-electron chi connectivity index (χ2n) is 6.96. The molecule has 0 saturated carbocycles. The minimum Gasteiger partial charge on any atom is -0.497 e. The second kappa shape index (κ2) is 10.7. The monoisotopic (exact) mass is 484 g/mol. The summed E-state index contributed by atoms with van der Waals surface area (Å²) in [6.45, 7) is 1.62. The van der Waals surface area contributed by atoms with Crippen LogP contribution in [0.3, 0.4) is 0 Å². The Bertz CT molecular complexity index is 1240. The van der Waals surface area contributed by atoms with Crippen molar-refractivity contribution in [1.82, 2.24) is 0 Å². The number of hydrogen-bond donors (Lipinski definition) is 2. The molecule has 3 aromatic rings. The first-order valence-corrected chi connectivity index (χ1v) is 10.8. The van der Waals surface area contributed by atoms with Gasteiger partial charge in [0.25, 0.3) is 11.8 Å². The molecule has 0 bridgehead atoms. The lowest BCUT2D eigenvalue weighted by atomic mass is 10.1. The Hall–Kier alpha value is -4.05. The Labute approximate surface area is 200 Å². The summed E-state index contributed by atoms with van der Waals surface area (Å²) in [5.74, 6) is -0.169. The van der Waals surface area contributed by atoms with Gasteiger partial charge in [-0.15, -0.1) is 11.3 Å². The Morgan fingerprint density at radius 2 is 1.56 bits per heavy atom. The minimum atomic E-state index is -0.670. The number of hydrogen-bond acceptors (Lipinski definition) is 8. The van der Waals surface area contributed by atoms with Gasteiger partial charge < -0.3 is 29.6 Å². The molecule has 0 unspecified atom stereocenters. The van der Waals surface area contributed by atoms with Crippen molar-refractivity contribution in [3.8, 4) is 17.2 Å². The Morgan fingerprint density at radius 1 is 0.824 bits per heavy atom. The van der Waals surface area contributed by atoms with Gasteiger partial charge in [-0.2, -0.15) is 0 Å². The first-order chi connectivity index (χ1) is 16.3. The quantitative estimate of drug-likeness (QED) is 0.457. The van der Waals surface area contributed by atoms with Crippen molar-refractivity contribution in [1.29, 1.82) is 0 Å². The van der Waals surface area contributed by atoms with E-state index in [0.29, 0.717) is 28.5 Å². The molecule has 2 aromatic carbocycles. The smallest absolute Gasteiger partial charge is 0.341 e. The summed E-state index contributed by atoms with van der Waals surface area (Å²) in [5.41, 5.74) is 1.30. The molecular formula is C24H24N2O7S. The van der Waals surface area contributed by atoms with Gasteiger partial charge in [0, 0.05) is 17.3 Å². The zero-order valence-electron chi connectivity index (χ0n) is 19.3. The molecule has 34 heavy (non-hydrogen) atoms. The van der Waals surface area contributed by atoms with E-state index in [1.165, 1.54) is 34.5 Å². The molecule has 1 aromatic heterocycles. The number of rotatable bonds is 8. The van der Waals surface area contributed by atoms with Crippen LogP contribution in [0.15, 0.2) is 42.5 Å². The first kappa shape index (κ1) is 24.6. The number of methoxy groups -OCH3 is 4. The van der Waals surface area contributed by atoms with Gasteiger partial charge in [0.2, 0.25) is 0 Å². The van der Waals surface area contributed by atoms with Crippen molar-refractivity contribution >= 4 is 39.8 Å². The number of nitrogens with one attached hydrogen (secondary N) is 2. The first-order valence-electron chi connectivity index (χ1n) is 10.0. The Kier molecular flexibility index (Phi) is 7.75. The van der Waals surface area contributed by atoms with E-state index in [4.69, 9.17) is 18.9 Å². The van der Waals surface area contributed by atoms with Gasteiger partial charge in [-0.05, 0) is 42.8 Å². The van der Waals surface area contributed by atoms with Gasteiger partial charge in [0.15, 0.2) is 11.5 Å². The highest BCUT2D eigenvalue weighted by Gasteiger charge is 2.27. The predicted octanol–water partition coefficient (Wildman–Crippen LogP) is 4.37. The van der Waals surface area contributed by atoms with Gasteiger partial charge in [0.05, 0.1) is 38.9 Å². The van der Waals surface area contributed by atoms with E-state index in [1.807, 2.05) is 0 Å². The van der Waals surface area contributed by atoms with Crippen LogP contribution in [0, 0.1) is 6.92 Å². The highest BCUT2D eigenvalue weighted by Crippen LogP contribution is 2.35. The van der Waals surface area contributed by atoms with E-state index >= 15 is 0 Å². The van der Waals surface area contributed by atoms with Gasteiger partial charge in [-0.1, -0.05) is 6.07 Å². The Morgan fingerprint density at radius 3 is 2.21 bits per heavy atom.